The fourth-order valence-electron chi connectivity index (χ4n) is 3.01. The van der Waals surface area contributed by atoms with E-state index in [9.17, 15) is 4.79 Å². The topological polar surface area (TPSA) is 55.8 Å². The van der Waals surface area contributed by atoms with E-state index in [1.54, 1.807) is 0 Å². The molecule has 0 saturated carbocycles. The highest BCUT2D eigenvalue weighted by atomic mass is 17.1. The summed E-state index contributed by atoms with van der Waals surface area (Å²) < 4.78 is 5.23. The summed E-state index contributed by atoms with van der Waals surface area (Å²) in [5, 5.41) is 8.44. The Morgan fingerprint density at radius 3 is 1.93 bits per heavy atom. The van der Waals surface area contributed by atoms with Gasteiger partial charge in [-0.2, -0.15) is 0 Å². The fourth-order valence-corrected chi connectivity index (χ4v) is 3.01. The van der Waals surface area contributed by atoms with Crippen LogP contribution in [0.15, 0.2) is 12.2 Å². The summed E-state index contributed by atoms with van der Waals surface area (Å²) in [7, 11) is 0. The molecule has 0 amide bonds. The largest absolute Gasteiger partial charge is 0.465 e. The highest BCUT2D eigenvalue weighted by molar-refractivity contribution is 5.69. The zero-order valence-electron chi connectivity index (χ0n) is 17.9. The number of ether oxygens (including phenoxy) is 1. The van der Waals surface area contributed by atoms with Gasteiger partial charge in [-0.1, -0.05) is 77.4 Å². The van der Waals surface area contributed by atoms with Crippen LogP contribution in [-0.2, 0) is 14.4 Å². The van der Waals surface area contributed by atoms with Crippen LogP contribution >= 0.6 is 0 Å². The van der Waals surface area contributed by atoms with Crippen LogP contribution < -0.4 is 0 Å². The van der Waals surface area contributed by atoms with E-state index < -0.39 is 0 Å². The number of esters is 1. The molecule has 0 heterocycles. The third-order valence-electron chi connectivity index (χ3n) is 5.01. The van der Waals surface area contributed by atoms with E-state index in [1.165, 1.54) is 70.6 Å². The zero-order valence-corrected chi connectivity index (χ0v) is 17.9. The molecule has 27 heavy (non-hydrogen) atoms. The Morgan fingerprint density at radius 1 is 0.815 bits per heavy atom. The van der Waals surface area contributed by atoms with Crippen molar-refractivity contribution < 1.29 is 19.7 Å². The summed E-state index contributed by atoms with van der Waals surface area (Å²) in [5.74, 6) is -0.0583. The van der Waals surface area contributed by atoms with Crippen molar-refractivity contribution in [2.75, 3.05) is 13.2 Å². The Labute approximate surface area is 167 Å². The molecule has 0 rings (SSSR count). The first-order valence-electron chi connectivity index (χ1n) is 11.3. The third-order valence-corrected chi connectivity index (χ3v) is 5.01. The van der Waals surface area contributed by atoms with E-state index in [0.29, 0.717) is 13.0 Å². The molecule has 0 bridgehead atoms. The Bertz CT molecular complexity index is 341. The normalized spacial score (nSPS) is 12.6. The van der Waals surface area contributed by atoms with Crippen molar-refractivity contribution in [2.45, 2.75) is 110 Å². The summed E-state index contributed by atoms with van der Waals surface area (Å²) >= 11 is 0. The molecule has 1 unspecified atom stereocenters. The number of hydrogen-bond acceptors (Lipinski definition) is 4. The van der Waals surface area contributed by atoms with Gasteiger partial charge in [-0.15, -0.1) is 0 Å². The highest BCUT2D eigenvalue weighted by Crippen LogP contribution is 2.11. The Balaban J connectivity index is 3.32. The number of allylic oxidation sites excluding steroid dienone is 2. The lowest BCUT2D eigenvalue weighted by molar-refractivity contribution is -0.253. The minimum absolute atomic E-state index is 0.0769. The van der Waals surface area contributed by atoms with Crippen LogP contribution in [0.2, 0.25) is 0 Å². The maximum absolute atomic E-state index is 11.7. The zero-order chi connectivity index (χ0) is 20.0. The summed E-state index contributed by atoms with van der Waals surface area (Å²) in [5.41, 5.74) is 0. The van der Waals surface area contributed by atoms with Gasteiger partial charge >= 0.3 is 5.97 Å². The predicted octanol–water partition coefficient (Wildman–Crippen LogP) is 7.08. The second-order valence-corrected chi connectivity index (χ2v) is 7.59. The number of rotatable bonds is 20. The van der Waals surface area contributed by atoms with Crippen LogP contribution in [0.25, 0.3) is 0 Å². The summed E-state index contributed by atoms with van der Waals surface area (Å²) in [6.45, 7) is 4.80. The number of carbonyl (C=O) groups excluding carboxylic acids is 1. The molecule has 0 aliphatic rings. The summed E-state index contributed by atoms with van der Waals surface area (Å²) in [6, 6.07) is 0. The molecule has 4 heteroatoms. The van der Waals surface area contributed by atoms with Crippen molar-refractivity contribution in [3.05, 3.63) is 12.2 Å². The Kier molecular flexibility index (Phi) is 20.7. The first kappa shape index (κ1) is 26.1. The maximum atomic E-state index is 11.7. The first-order valence-corrected chi connectivity index (χ1v) is 11.3. The lowest BCUT2D eigenvalue weighted by atomic mass is 10.1. The SMILES string of the molecule is CCCCCCCC/C=C\CCCCCCCC(=O)OCC(CC)COO. The van der Waals surface area contributed by atoms with Crippen LogP contribution in [0.5, 0.6) is 0 Å². The van der Waals surface area contributed by atoms with Crippen molar-refractivity contribution in [2.24, 2.45) is 5.92 Å². The fraction of sp³-hybridized carbons (Fsp3) is 0.870. The van der Waals surface area contributed by atoms with Crippen molar-refractivity contribution >= 4 is 5.97 Å². The van der Waals surface area contributed by atoms with Crippen LogP contribution in [0.4, 0.5) is 0 Å². The molecule has 1 N–H and O–H groups in total. The minimum Gasteiger partial charge on any atom is -0.465 e. The molecular weight excluding hydrogens is 340 g/mol. The van der Waals surface area contributed by atoms with Gasteiger partial charge in [-0.25, -0.2) is 4.89 Å². The number of hydrogen-bond donors (Lipinski definition) is 1. The first-order chi connectivity index (χ1) is 13.2. The molecule has 0 saturated heterocycles. The monoisotopic (exact) mass is 384 g/mol. The van der Waals surface area contributed by atoms with Crippen molar-refractivity contribution in [3.8, 4) is 0 Å². The molecule has 0 aliphatic carbocycles. The van der Waals surface area contributed by atoms with Gasteiger partial charge in [0.25, 0.3) is 0 Å². The van der Waals surface area contributed by atoms with Gasteiger partial charge in [0.2, 0.25) is 0 Å². The molecule has 0 aliphatic heterocycles. The van der Waals surface area contributed by atoms with Gasteiger partial charge < -0.3 is 4.74 Å². The third kappa shape index (κ3) is 19.7. The van der Waals surface area contributed by atoms with Crippen molar-refractivity contribution in [1.82, 2.24) is 0 Å². The van der Waals surface area contributed by atoms with E-state index in [4.69, 9.17) is 9.99 Å². The van der Waals surface area contributed by atoms with E-state index in [1.807, 2.05) is 6.92 Å². The van der Waals surface area contributed by atoms with Crippen LogP contribution in [0, 0.1) is 5.92 Å². The molecule has 160 valence electrons. The van der Waals surface area contributed by atoms with Gasteiger partial charge in [0.1, 0.15) is 0 Å². The smallest absolute Gasteiger partial charge is 0.305 e. The molecule has 1 atom stereocenters. The van der Waals surface area contributed by atoms with Gasteiger partial charge in [0.15, 0.2) is 0 Å². The molecule has 4 nitrogen and oxygen atoms in total. The van der Waals surface area contributed by atoms with Crippen LogP contribution in [0.3, 0.4) is 0 Å². The summed E-state index contributed by atoms with van der Waals surface area (Å²) in [6.07, 6.45) is 22.3. The average molecular weight is 385 g/mol. The van der Waals surface area contributed by atoms with E-state index in [-0.39, 0.29) is 18.5 Å². The molecule has 0 radical (unpaired) electrons. The van der Waals surface area contributed by atoms with Gasteiger partial charge in [0.05, 0.1) is 13.2 Å². The highest BCUT2D eigenvalue weighted by Gasteiger charge is 2.10. The molecule has 0 aromatic rings. The van der Waals surface area contributed by atoms with Gasteiger partial charge in [0, 0.05) is 12.3 Å². The molecule has 0 spiro atoms. The second kappa shape index (κ2) is 21.4. The predicted molar refractivity (Wildman–Crippen MR) is 113 cm³/mol. The Morgan fingerprint density at radius 2 is 1.37 bits per heavy atom. The average Bonchev–Trinajstić information content (AvgIpc) is 2.68. The van der Waals surface area contributed by atoms with Crippen LogP contribution in [0.1, 0.15) is 110 Å². The minimum atomic E-state index is -0.135. The molecule has 0 aromatic carbocycles. The number of unbranched alkanes of at least 4 members (excludes halogenated alkanes) is 11. The summed E-state index contributed by atoms with van der Waals surface area (Å²) in [4.78, 5) is 15.8. The maximum Gasteiger partial charge on any atom is 0.305 e. The molecule has 0 fully saturated rings. The lowest BCUT2D eigenvalue weighted by Gasteiger charge is -2.12. The van der Waals surface area contributed by atoms with E-state index in [2.05, 4.69) is 24.0 Å². The van der Waals surface area contributed by atoms with E-state index in [0.717, 1.165) is 19.3 Å². The standard InChI is InChI=1S/C23H44O4/c1-3-5-6-7-8-9-10-11-12-13-14-15-16-17-18-19-23(24)26-20-22(4-2)21-27-25/h11-12,22,25H,3-10,13-21H2,1-2H3/b12-11-. The van der Waals surface area contributed by atoms with Crippen molar-refractivity contribution in [3.63, 3.8) is 0 Å². The second-order valence-electron chi connectivity index (χ2n) is 7.59. The van der Waals surface area contributed by atoms with Crippen molar-refractivity contribution in [1.29, 1.82) is 0 Å². The van der Waals surface area contributed by atoms with Gasteiger partial charge in [-0.05, 0) is 38.5 Å². The van der Waals surface area contributed by atoms with Gasteiger partial charge in [-0.3, -0.25) is 10.1 Å². The van der Waals surface area contributed by atoms with Crippen LogP contribution in [-0.4, -0.2) is 24.4 Å². The Hall–Kier alpha value is -0.870. The quantitative estimate of drug-likeness (QED) is 0.0800. The molecular formula is C23H44O4. The van der Waals surface area contributed by atoms with E-state index >= 15 is 0 Å². The number of carbonyl (C=O) groups is 1. The lowest BCUT2D eigenvalue weighted by Crippen LogP contribution is -2.17. The molecule has 0 aromatic heterocycles.